The summed E-state index contributed by atoms with van der Waals surface area (Å²) in [7, 11) is 0. The molecule has 0 spiro atoms. The largest absolute Gasteiger partial charge is 0.463 e. The first kappa shape index (κ1) is 17.0. The zero-order valence-corrected chi connectivity index (χ0v) is 14.5. The Morgan fingerprint density at radius 2 is 2.12 bits per heavy atom. The number of carbonyl (C=O) groups excluding carboxylic acids is 1. The summed E-state index contributed by atoms with van der Waals surface area (Å²) >= 11 is 0. The number of hydrogen-bond donors (Lipinski definition) is 1. The molecule has 1 amide bonds. The predicted octanol–water partition coefficient (Wildman–Crippen LogP) is 2.88. The number of pyridine rings is 1. The van der Waals surface area contributed by atoms with Gasteiger partial charge in [0.1, 0.15) is 5.69 Å². The van der Waals surface area contributed by atoms with E-state index in [1.54, 1.807) is 6.26 Å². The van der Waals surface area contributed by atoms with Gasteiger partial charge in [-0.1, -0.05) is 0 Å². The van der Waals surface area contributed by atoms with E-state index >= 15 is 0 Å². The molecular formula is C18H22ClN3O2. The molecular weight excluding hydrogens is 326 g/mol. The molecule has 3 heterocycles. The average Bonchev–Trinajstić information content (AvgIpc) is 3.25. The highest BCUT2D eigenvalue weighted by Gasteiger charge is 2.42. The van der Waals surface area contributed by atoms with Crippen LogP contribution in [0.25, 0.3) is 11.5 Å². The molecule has 0 aromatic carbocycles. The fraction of sp³-hybridized carbons (Fsp3) is 0.444. The molecule has 2 N–H and O–H groups in total. The van der Waals surface area contributed by atoms with Crippen LogP contribution >= 0.6 is 12.4 Å². The van der Waals surface area contributed by atoms with E-state index in [1.807, 2.05) is 36.1 Å². The Balaban J connectivity index is 0.00000169. The third-order valence-electron chi connectivity index (χ3n) is 5.29. The Kier molecular flexibility index (Phi) is 4.65. The number of hydrogen-bond acceptors (Lipinski definition) is 4. The maximum absolute atomic E-state index is 12.8. The van der Waals surface area contributed by atoms with Gasteiger partial charge in [0.25, 0.3) is 5.91 Å². The molecule has 3 unspecified atom stereocenters. The topological polar surface area (TPSA) is 72.4 Å². The van der Waals surface area contributed by atoms with E-state index in [9.17, 15) is 4.79 Å². The van der Waals surface area contributed by atoms with Gasteiger partial charge in [-0.3, -0.25) is 4.79 Å². The second kappa shape index (κ2) is 6.57. The summed E-state index contributed by atoms with van der Waals surface area (Å²) in [6, 6.07) is 7.65. The molecule has 24 heavy (non-hydrogen) atoms. The molecule has 2 aliphatic rings. The van der Waals surface area contributed by atoms with Crippen LogP contribution in [-0.4, -0.2) is 34.9 Å². The van der Waals surface area contributed by atoms with Crippen molar-refractivity contribution in [1.82, 2.24) is 9.88 Å². The Hall–Kier alpha value is -1.85. The van der Waals surface area contributed by atoms with Crippen molar-refractivity contribution in [2.45, 2.75) is 25.8 Å². The monoisotopic (exact) mass is 347 g/mol. The molecule has 2 aromatic heterocycles. The number of carbonyl (C=O) groups is 1. The third kappa shape index (κ3) is 2.82. The lowest BCUT2D eigenvalue weighted by Crippen LogP contribution is -2.33. The number of fused-ring (bicyclic) bond motifs is 1. The molecule has 1 saturated carbocycles. The normalized spacial score (nSPS) is 25.4. The summed E-state index contributed by atoms with van der Waals surface area (Å²) in [5, 5.41) is 0. The number of halogens is 1. The summed E-state index contributed by atoms with van der Waals surface area (Å²) in [5.74, 6) is 1.83. The zero-order valence-electron chi connectivity index (χ0n) is 13.6. The van der Waals surface area contributed by atoms with E-state index in [0.717, 1.165) is 37.3 Å². The number of nitrogens with two attached hydrogens (primary N) is 1. The molecule has 4 rings (SSSR count). The smallest absolute Gasteiger partial charge is 0.255 e. The number of aryl methyl sites for hydroxylation is 1. The molecule has 5 nitrogen and oxygen atoms in total. The minimum absolute atomic E-state index is 0. The van der Waals surface area contributed by atoms with Gasteiger partial charge in [0.05, 0.1) is 17.5 Å². The van der Waals surface area contributed by atoms with Crippen LogP contribution in [0.3, 0.4) is 0 Å². The number of nitrogens with zero attached hydrogens (tertiary/aromatic N) is 2. The van der Waals surface area contributed by atoms with Crippen molar-refractivity contribution in [3.63, 3.8) is 0 Å². The minimum atomic E-state index is 0. The van der Waals surface area contributed by atoms with Gasteiger partial charge in [-0.05, 0) is 55.9 Å². The summed E-state index contributed by atoms with van der Waals surface area (Å²) in [5.41, 5.74) is 8.33. The van der Waals surface area contributed by atoms with E-state index in [2.05, 4.69) is 4.98 Å². The number of furan rings is 1. The molecule has 1 aliphatic heterocycles. The van der Waals surface area contributed by atoms with E-state index in [-0.39, 0.29) is 24.4 Å². The molecule has 0 bridgehead atoms. The van der Waals surface area contributed by atoms with Gasteiger partial charge in [-0.2, -0.15) is 0 Å². The summed E-state index contributed by atoms with van der Waals surface area (Å²) in [6.45, 7) is 3.49. The van der Waals surface area contributed by atoms with Crippen LogP contribution < -0.4 is 5.73 Å². The van der Waals surface area contributed by atoms with Crippen molar-refractivity contribution in [2.24, 2.45) is 17.6 Å². The van der Waals surface area contributed by atoms with Crippen LogP contribution in [0.5, 0.6) is 0 Å². The summed E-state index contributed by atoms with van der Waals surface area (Å²) < 4.78 is 5.37. The van der Waals surface area contributed by atoms with Crippen molar-refractivity contribution in [3.05, 3.63) is 41.8 Å². The lowest BCUT2D eigenvalue weighted by molar-refractivity contribution is 0.0778. The third-order valence-corrected chi connectivity index (χ3v) is 5.29. The lowest BCUT2D eigenvalue weighted by atomic mass is 9.98. The molecule has 3 atom stereocenters. The Bertz CT molecular complexity index is 732. The van der Waals surface area contributed by atoms with E-state index in [1.165, 1.54) is 0 Å². The SMILES string of the molecule is Cc1nc(-c2ccco2)ccc1C(=O)N1CC2CCC(N)C2C1.Cl. The van der Waals surface area contributed by atoms with Gasteiger partial charge in [0.15, 0.2) is 5.76 Å². The van der Waals surface area contributed by atoms with Crippen LogP contribution in [0.15, 0.2) is 34.9 Å². The van der Waals surface area contributed by atoms with Gasteiger partial charge >= 0.3 is 0 Å². The summed E-state index contributed by atoms with van der Waals surface area (Å²) in [6.07, 6.45) is 3.86. The first-order valence-corrected chi connectivity index (χ1v) is 8.20. The van der Waals surface area contributed by atoms with Crippen LogP contribution in [0.2, 0.25) is 0 Å². The van der Waals surface area contributed by atoms with Gasteiger partial charge in [0, 0.05) is 19.1 Å². The van der Waals surface area contributed by atoms with Gasteiger partial charge in [0.2, 0.25) is 0 Å². The van der Waals surface area contributed by atoms with Gasteiger partial charge in [-0.25, -0.2) is 4.98 Å². The highest BCUT2D eigenvalue weighted by atomic mass is 35.5. The fourth-order valence-electron chi connectivity index (χ4n) is 3.99. The number of rotatable bonds is 2. The van der Waals surface area contributed by atoms with Crippen LogP contribution in [0.1, 0.15) is 28.9 Å². The van der Waals surface area contributed by atoms with Crippen LogP contribution in [-0.2, 0) is 0 Å². The quantitative estimate of drug-likeness (QED) is 0.906. The van der Waals surface area contributed by atoms with Gasteiger partial charge in [-0.15, -0.1) is 12.4 Å². The average molecular weight is 348 g/mol. The standard InChI is InChI=1S/C18H21N3O2.ClH/c1-11-13(5-7-16(20-11)17-3-2-8-23-17)18(22)21-9-12-4-6-15(19)14(12)10-21;/h2-3,5,7-8,12,14-15H,4,6,9-10,19H2,1H3;1H. The molecule has 0 radical (unpaired) electrons. The molecule has 6 heteroatoms. The van der Waals surface area contributed by atoms with Crippen molar-refractivity contribution < 1.29 is 9.21 Å². The predicted molar refractivity (Wildman–Crippen MR) is 94.0 cm³/mol. The maximum atomic E-state index is 12.8. The zero-order chi connectivity index (χ0) is 16.0. The van der Waals surface area contributed by atoms with Crippen molar-refractivity contribution in [2.75, 3.05) is 13.1 Å². The fourth-order valence-corrected chi connectivity index (χ4v) is 3.99. The maximum Gasteiger partial charge on any atom is 0.255 e. The second-order valence-corrected chi connectivity index (χ2v) is 6.68. The highest BCUT2D eigenvalue weighted by molar-refractivity contribution is 5.95. The van der Waals surface area contributed by atoms with Crippen molar-refractivity contribution in [1.29, 1.82) is 0 Å². The Morgan fingerprint density at radius 1 is 1.29 bits per heavy atom. The van der Waals surface area contributed by atoms with E-state index in [4.69, 9.17) is 10.2 Å². The Morgan fingerprint density at radius 3 is 2.79 bits per heavy atom. The van der Waals surface area contributed by atoms with E-state index < -0.39 is 0 Å². The number of likely N-dealkylation sites (tertiary alicyclic amines) is 1. The Labute approximate surface area is 147 Å². The van der Waals surface area contributed by atoms with Gasteiger partial charge < -0.3 is 15.1 Å². The molecule has 2 aromatic rings. The molecule has 1 saturated heterocycles. The number of aromatic nitrogens is 1. The van der Waals surface area contributed by atoms with Crippen molar-refractivity contribution >= 4 is 18.3 Å². The molecule has 1 aliphatic carbocycles. The van der Waals surface area contributed by atoms with E-state index in [0.29, 0.717) is 23.2 Å². The first-order chi connectivity index (χ1) is 11.1. The molecule has 128 valence electrons. The van der Waals surface area contributed by atoms with Crippen LogP contribution in [0, 0.1) is 18.8 Å². The summed E-state index contributed by atoms with van der Waals surface area (Å²) in [4.78, 5) is 19.3. The number of amides is 1. The van der Waals surface area contributed by atoms with Crippen LogP contribution in [0.4, 0.5) is 0 Å². The highest BCUT2D eigenvalue weighted by Crippen LogP contribution is 2.37. The van der Waals surface area contributed by atoms with Crippen molar-refractivity contribution in [3.8, 4) is 11.5 Å². The minimum Gasteiger partial charge on any atom is -0.463 e. The lowest BCUT2D eigenvalue weighted by Gasteiger charge is -2.19. The molecule has 2 fully saturated rings. The second-order valence-electron chi connectivity index (χ2n) is 6.68. The first-order valence-electron chi connectivity index (χ1n) is 8.20.